The van der Waals surface area contributed by atoms with Crippen LogP contribution in [0.15, 0.2) is 24.5 Å². The standard InChI is InChI=1S/C15H21FN4O/c1-4-17-8-12-5-6-14(13(16)7-12)21-9-15-18-10-19-20(15)11(2)3/h5-7,10-11,17H,4,8-9H2,1-3H3. The number of halogens is 1. The van der Waals surface area contributed by atoms with Gasteiger partial charge in [0.2, 0.25) is 0 Å². The first-order valence-corrected chi connectivity index (χ1v) is 7.12. The van der Waals surface area contributed by atoms with Gasteiger partial charge in [0.15, 0.2) is 17.4 Å². The summed E-state index contributed by atoms with van der Waals surface area (Å²) in [7, 11) is 0. The molecule has 5 nitrogen and oxygen atoms in total. The third kappa shape index (κ3) is 4.01. The first-order valence-electron chi connectivity index (χ1n) is 7.12. The van der Waals surface area contributed by atoms with E-state index < -0.39 is 0 Å². The molecule has 1 aromatic heterocycles. The minimum atomic E-state index is -0.360. The Labute approximate surface area is 124 Å². The van der Waals surface area contributed by atoms with Crippen LogP contribution in [0.4, 0.5) is 4.39 Å². The average Bonchev–Trinajstić information content (AvgIpc) is 2.92. The van der Waals surface area contributed by atoms with Crippen molar-refractivity contribution in [3.05, 3.63) is 41.7 Å². The van der Waals surface area contributed by atoms with Crippen molar-refractivity contribution in [2.24, 2.45) is 0 Å². The van der Waals surface area contributed by atoms with Gasteiger partial charge in [-0.05, 0) is 38.1 Å². The van der Waals surface area contributed by atoms with Crippen LogP contribution in [-0.4, -0.2) is 21.3 Å². The minimum Gasteiger partial charge on any atom is -0.483 e. The molecule has 0 aliphatic rings. The summed E-state index contributed by atoms with van der Waals surface area (Å²) in [5, 5.41) is 7.28. The van der Waals surface area contributed by atoms with E-state index in [4.69, 9.17) is 4.74 Å². The van der Waals surface area contributed by atoms with Crippen LogP contribution >= 0.6 is 0 Å². The number of nitrogens with one attached hydrogen (secondary N) is 1. The normalized spacial score (nSPS) is 11.1. The number of nitrogens with zero attached hydrogens (tertiary/aromatic N) is 3. The molecule has 0 fully saturated rings. The molecule has 2 aromatic rings. The van der Waals surface area contributed by atoms with Crippen molar-refractivity contribution in [3.63, 3.8) is 0 Å². The Morgan fingerprint density at radius 3 is 2.86 bits per heavy atom. The average molecular weight is 292 g/mol. The van der Waals surface area contributed by atoms with E-state index in [0.29, 0.717) is 12.4 Å². The van der Waals surface area contributed by atoms with Gasteiger partial charge in [-0.3, -0.25) is 0 Å². The van der Waals surface area contributed by atoms with Gasteiger partial charge in [0, 0.05) is 12.6 Å². The SMILES string of the molecule is CCNCc1ccc(OCc2ncnn2C(C)C)c(F)c1. The van der Waals surface area contributed by atoms with E-state index in [1.807, 2.05) is 26.8 Å². The topological polar surface area (TPSA) is 52.0 Å². The quantitative estimate of drug-likeness (QED) is 0.852. The zero-order chi connectivity index (χ0) is 15.2. The van der Waals surface area contributed by atoms with Crippen LogP contribution in [0.3, 0.4) is 0 Å². The highest BCUT2D eigenvalue weighted by atomic mass is 19.1. The molecule has 21 heavy (non-hydrogen) atoms. The van der Waals surface area contributed by atoms with E-state index in [9.17, 15) is 4.39 Å². The fourth-order valence-electron chi connectivity index (χ4n) is 1.99. The Morgan fingerprint density at radius 2 is 2.19 bits per heavy atom. The second-order valence-corrected chi connectivity index (χ2v) is 5.05. The molecule has 1 aromatic carbocycles. The van der Waals surface area contributed by atoms with Gasteiger partial charge in [0.25, 0.3) is 0 Å². The monoisotopic (exact) mass is 292 g/mol. The summed E-state index contributed by atoms with van der Waals surface area (Å²) in [4.78, 5) is 4.13. The highest BCUT2D eigenvalue weighted by Crippen LogP contribution is 2.19. The number of benzene rings is 1. The maximum atomic E-state index is 14.0. The van der Waals surface area contributed by atoms with Gasteiger partial charge in [-0.2, -0.15) is 5.10 Å². The third-order valence-electron chi connectivity index (χ3n) is 3.07. The Balaban J connectivity index is 2.01. The van der Waals surface area contributed by atoms with E-state index in [1.54, 1.807) is 10.7 Å². The zero-order valence-electron chi connectivity index (χ0n) is 12.6. The molecule has 0 atom stereocenters. The third-order valence-corrected chi connectivity index (χ3v) is 3.07. The number of hydrogen-bond acceptors (Lipinski definition) is 4. The summed E-state index contributed by atoms with van der Waals surface area (Å²) >= 11 is 0. The van der Waals surface area contributed by atoms with E-state index in [0.717, 1.165) is 12.1 Å². The van der Waals surface area contributed by atoms with E-state index in [2.05, 4.69) is 15.4 Å². The molecule has 1 heterocycles. The molecule has 2 rings (SSSR count). The van der Waals surface area contributed by atoms with Crippen LogP contribution < -0.4 is 10.1 Å². The summed E-state index contributed by atoms with van der Waals surface area (Å²) < 4.78 is 21.2. The van der Waals surface area contributed by atoms with Gasteiger partial charge in [-0.15, -0.1) is 0 Å². The molecule has 6 heteroatoms. The van der Waals surface area contributed by atoms with Gasteiger partial charge in [0.05, 0.1) is 0 Å². The maximum Gasteiger partial charge on any atom is 0.165 e. The van der Waals surface area contributed by atoms with E-state index in [-0.39, 0.29) is 24.2 Å². The summed E-state index contributed by atoms with van der Waals surface area (Å²) in [6.07, 6.45) is 1.48. The predicted molar refractivity (Wildman–Crippen MR) is 78.5 cm³/mol. The Bertz CT molecular complexity index is 583. The van der Waals surface area contributed by atoms with Crippen molar-refractivity contribution in [2.45, 2.75) is 40.0 Å². The maximum absolute atomic E-state index is 14.0. The Morgan fingerprint density at radius 1 is 1.38 bits per heavy atom. The highest BCUT2D eigenvalue weighted by Gasteiger charge is 2.10. The molecular formula is C15H21FN4O. The minimum absolute atomic E-state index is 0.193. The Kier molecular flexibility index (Phi) is 5.27. The second kappa shape index (κ2) is 7.17. The molecule has 0 unspecified atom stereocenters. The zero-order valence-corrected chi connectivity index (χ0v) is 12.6. The van der Waals surface area contributed by atoms with Gasteiger partial charge in [-0.25, -0.2) is 14.1 Å². The lowest BCUT2D eigenvalue weighted by atomic mass is 10.2. The van der Waals surface area contributed by atoms with Crippen LogP contribution in [0.2, 0.25) is 0 Å². The van der Waals surface area contributed by atoms with Crippen LogP contribution in [0, 0.1) is 5.82 Å². The predicted octanol–water partition coefficient (Wildman–Crippen LogP) is 2.69. The van der Waals surface area contributed by atoms with Gasteiger partial charge < -0.3 is 10.1 Å². The fourth-order valence-corrected chi connectivity index (χ4v) is 1.99. The molecule has 1 N–H and O–H groups in total. The smallest absolute Gasteiger partial charge is 0.165 e. The molecular weight excluding hydrogens is 271 g/mol. The molecule has 0 amide bonds. The van der Waals surface area contributed by atoms with Crippen molar-refractivity contribution in [3.8, 4) is 5.75 Å². The molecule has 0 saturated heterocycles. The lowest BCUT2D eigenvalue weighted by Crippen LogP contribution is -2.12. The second-order valence-electron chi connectivity index (χ2n) is 5.05. The summed E-state index contributed by atoms with van der Waals surface area (Å²) in [5.74, 6) is 0.552. The lowest BCUT2D eigenvalue weighted by molar-refractivity contribution is 0.269. The molecule has 0 aliphatic carbocycles. The Hall–Kier alpha value is -1.95. The van der Waals surface area contributed by atoms with Gasteiger partial charge in [-0.1, -0.05) is 13.0 Å². The molecule has 0 bridgehead atoms. The number of rotatable bonds is 7. The molecule has 0 radical (unpaired) electrons. The van der Waals surface area contributed by atoms with Crippen LogP contribution in [0.5, 0.6) is 5.75 Å². The van der Waals surface area contributed by atoms with Crippen molar-refractivity contribution in [1.29, 1.82) is 0 Å². The fraction of sp³-hybridized carbons (Fsp3) is 0.467. The van der Waals surface area contributed by atoms with E-state index >= 15 is 0 Å². The molecule has 0 spiro atoms. The van der Waals surface area contributed by atoms with E-state index in [1.165, 1.54) is 12.4 Å². The molecule has 114 valence electrons. The summed E-state index contributed by atoms with van der Waals surface area (Å²) in [6, 6.07) is 5.19. The van der Waals surface area contributed by atoms with Crippen LogP contribution in [-0.2, 0) is 13.2 Å². The number of hydrogen-bond donors (Lipinski definition) is 1. The van der Waals surface area contributed by atoms with Crippen molar-refractivity contribution >= 4 is 0 Å². The first kappa shape index (κ1) is 15.4. The number of ether oxygens (including phenoxy) is 1. The summed E-state index contributed by atoms with van der Waals surface area (Å²) in [6.45, 7) is 7.73. The molecule has 0 aliphatic heterocycles. The van der Waals surface area contributed by atoms with Crippen molar-refractivity contribution in [2.75, 3.05) is 6.54 Å². The van der Waals surface area contributed by atoms with Gasteiger partial charge >= 0.3 is 0 Å². The molecule has 0 saturated carbocycles. The van der Waals surface area contributed by atoms with Crippen molar-refractivity contribution in [1.82, 2.24) is 20.1 Å². The largest absolute Gasteiger partial charge is 0.483 e. The lowest BCUT2D eigenvalue weighted by Gasteiger charge is -2.11. The van der Waals surface area contributed by atoms with Crippen LogP contribution in [0.25, 0.3) is 0 Å². The number of aromatic nitrogens is 3. The summed E-state index contributed by atoms with van der Waals surface area (Å²) in [5.41, 5.74) is 0.895. The highest BCUT2D eigenvalue weighted by molar-refractivity contribution is 5.29. The van der Waals surface area contributed by atoms with Crippen LogP contribution in [0.1, 0.15) is 38.2 Å². The van der Waals surface area contributed by atoms with Crippen molar-refractivity contribution < 1.29 is 9.13 Å². The van der Waals surface area contributed by atoms with Gasteiger partial charge in [0.1, 0.15) is 12.9 Å². The first-order chi connectivity index (χ1) is 10.1.